The molecule has 0 aliphatic carbocycles. The molecule has 3 rings (SSSR count). The topological polar surface area (TPSA) is 38.9 Å². The molecule has 0 aliphatic heterocycles. The van der Waals surface area contributed by atoms with Crippen molar-refractivity contribution in [1.82, 2.24) is 9.97 Å². The molecule has 3 aromatic rings. The summed E-state index contributed by atoms with van der Waals surface area (Å²) in [5.41, 5.74) is 1.76. The van der Waals surface area contributed by atoms with Crippen molar-refractivity contribution >= 4 is 22.6 Å². The number of benzene rings is 1. The smallest absolute Gasteiger partial charge is 0.245 e. The van der Waals surface area contributed by atoms with Crippen LogP contribution in [0.3, 0.4) is 0 Å². The molecule has 0 N–H and O–H groups in total. The molecule has 3 nitrogen and oxygen atoms in total. The van der Waals surface area contributed by atoms with Crippen molar-refractivity contribution < 1.29 is 4.42 Å². The molecule has 2 aromatic heterocycles. The molecule has 2 heterocycles. The Kier molecular flexibility index (Phi) is 3.10. The molecular formula is C14H9IN2O. The molecule has 1 aromatic carbocycles. The van der Waals surface area contributed by atoms with E-state index in [2.05, 4.69) is 32.6 Å². The van der Waals surface area contributed by atoms with Crippen LogP contribution in [0.2, 0.25) is 0 Å². The van der Waals surface area contributed by atoms with Gasteiger partial charge in [0.15, 0.2) is 5.76 Å². The van der Waals surface area contributed by atoms with Gasteiger partial charge in [-0.25, -0.2) is 4.98 Å². The maximum absolute atomic E-state index is 5.72. The fourth-order valence-electron chi connectivity index (χ4n) is 1.63. The number of rotatable bonds is 2. The quantitative estimate of drug-likeness (QED) is 0.657. The summed E-state index contributed by atoms with van der Waals surface area (Å²) in [6.07, 6.45) is 3.45. The number of hydrogen-bond donors (Lipinski definition) is 0. The van der Waals surface area contributed by atoms with E-state index in [9.17, 15) is 0 Å². The molecule has 0 spiro atoms. The summed E-state index contributed by atoms with van der Waals surface area (Å²) < 4.78 is 6.91. The van der Waals surface area contributed by atoms with Crippen LogP contribution < -0.4 is 0 Å². The lowest BCUT2D eigenvalue weighted by atomic mass is 10.2. The Morgan fingerprint density at radius 3 is 2.50 bits per heavy atom. The summed E-state index contributed by atoms with van der Waals surface area (Å²) in [5, 5.41) is 0. The largest absolute Gasteiger partial charge is 0.435 e. The predicted octanol–water partition coefficient (Wildman–Crippen LogP) is 4.01. The molecule has 0 aliphatic rings. The van der Waals surface area contributed by atoms with Crippen LogP contribution in [-0.4, -0.2) is 9.97 Å². The lowest BCUT2D eigenvalue weighted by Gasteiger charge is -1.96. The molecule has 0 radical (unpaired) electrons. The van der Waals surface area contributed by atoms with Crippen molar-refractivity contribution in [2.45, 2.75) is 0 Å². The molecule has 0 unspecified atom stereocenters. The van der Waals surface area contributed by atoms with Gasteiger partial charge in [-0.15, -0.1) is 0 Å². The van der Waals surface area contributed by atoms with Gasteiger partial charge in [0.1, 0.15) is 5.69 Å². The van der Waals surface area contributed by atoms with Crippen LogP contribution in [0.25, 0.3) is 22.9 Å². The fraction of sp³-hybridized carbons (Fsp3) is 0. The van der Waals surface area contributed by atoms with Crippen molar-refractivity contribution in [3.63, 3.8) is 0 Å². The zero-order valence-electron chi connectivity index (χ0n) is 9.38. The van der Waals surface area contributed by atoms with Crippen LogP contribution in [0, 0.1) is 3.57 Å². The van der Waals surface area contributed by atoms with E-state index < -0.39 is 0 Å². The van der Waals surface area contributed by atoms with Gasteiger partial charge >= 0.3 is 0 Å². The zero-order valence-corrected chi connectivity index (χ0v) is 11.5. The Hall–Kier alpha value is -1.69. The van der Waals surface area contributed by atoms with Crippen LogP contribution >= 0.6 is 22.6 Å². The van der Waals surface area contributed by atoms with E-state index in [1.165, 1.54) is 3.57 Å². The molecule has 0 saturated heterocycles. The van der Waals surface area contributed by atoms with Crippen molar-refractivity contribution in [2.75, 3.05) is 0 Å². The van der Waals surface area contributed by atoms with Crippen molar-refractivity contribution in [3.05, 3.63) is 58.4 Å². The molecule has 0 saturated carbocycles. The number of oxazole rings is 1. The maximum atomic E-state index is 5.72. The van der Waals surface area contributed by atoms with Gasteiger partial charge in [-0.05, 0) is 46.9 Å². The summed E-state index contributed by atoms with van der Waals surface area (Å²) >= 11 is 2.27. The first-order valence-electron chi connectivity index (χ1n) is 5.46. The van der Waals surface area contributed by atoms with Crippen LogP contribution in [0.5, 0.6) is 0 Å². The zero-order chi connectivity index (χ0) is 12.4. The third-order valence-corrected chi connectivity index (χ3v) is 3.24. The third kappa shape index (κ3) is 2.28. The van der Waals surface area contributed by atoms with Crippen molar-refractivity contribution in [1.29, 1.82) is 0 Å². The molecular weight excluding hydrogens is 339 g/mol. The van der Waals surface area contributed by atoms with E-state index in [1.807, 2.05) is 42.5 Å². The Labute approximate surface area is 118 Å². The van der Waals surface area contributed by atoms with Gasteiger partial charge in [0.05, 0.1) is 6.20 Å². The summed E-state index contributed by atoms with van der Waals surface area (Å²) in [6, 6.07) is 13.8. The van der Waals surface area contributed by atoms with Gasteiger partial charge in [0.2, 0.25) is 5.89 Å². The second kappa shape index (κ2) is 4.89. The van der Waals surface area contributed by atoms with Crippen LogP contribution in [0.4, 0.5) is 0 Å². The Morgan fingerprint density at radius 2 is 1.78 bits per heavy atom. The second-order valence-corrected chi connectivity index (χ2v) is 5.00. The summed E-state index contributed by atoms with van der Waals surface area (Å²) in [4.78, 5) is 8.47. The minimum absolute atomic E-state index is 0.546. The summed E-state index contributed by atoms with van der Waals surface area (Å²) in [5.74, 6) is 1.30. The molecule has 18 heavy (non-hydrogen) atoms. The van der Waals surface area contributed by atoms with E-state index in [0.29, 0.717) is 5.89 Å². The van der Waals surface area contributed by atoms with Gasteiger partial charge in [0, 0.05) is 15.3 Å². The van der Waals surface area contributed by atoms with E-state index in [-0.39, 0.29) is 0 Å². The minimum Gasteiger partial charge on any atom is -0.435 e. The average molecular weight is 348 g/mol. The number of aromatic nitrogens is 2. The van der Waals surface area contributed by atoms with Gasteiger partial charge in [-0.1, -0.05) is 18.2 Å². The SMILES string of the molecule is Ic1ccc(-c2cnc(-c3ccccn3)o2)cc1. The highest BCUT2D eigenvalue weighted by Gasteiger charge is 2.08. The van der Waals surface area contributed by atoms with Gasteiger partial charge in [-0.2, -0.15) is 0 Å². The van der Waals surface area contributed by atoms with Gasteiger partial charge in [0.25, 0.3) is 0 Å². The summed E-state index contributed by atoms with van der Waals surface area (Å²) in [6.45, 7) is 0. The van der Waals surface area contributed by atoms with Crippen LogP contribution in [0.15, 0.2) is 59.3 Å². The number of pyridine rings is 1. The Bertz CT molecular complexity index is 647. The van der Waals surface area contributed by atoms with E-state index in [1.54, 1.807) is 12.4 Å². The second-order valence-electron chi connectivity index (χ2n) is 3.75. The monoisotopic (exact) mass is 348 g/mol. The number of halogens is 1. The standard InChI is InChI=1S/C14H9IN2O/c15-11-6-4-10(5-7-11)13-9-17-14(18-13)12-3-1-2-8-16-12/h1-9H. The normalized spacial score (nSPS) is 10.5. The van der Waals surface area contributed by atoms with Crippen LogP contribution in [0.1, 0.15) is 0 Å². The molecule has 0 fully saturated rings. The van der Waals surface area contributed by atoms with Gasteiger partial charge < -0.3 is 4.42 Å². The predicted molar refractivity (Wildman–Crippen MR) is 77.9 cm³/mol. The average Bonchev–Trinajstić information content (AvgIpc) is 2.90. The maximum Gasteiger partial charge on any atom is 0.245 e. The van der Waals surface area contributed by atoms with E-state index in [0.717, 1.165) is 17.0 Å². The lowest BCUT2D eigenvalue weighted by Crippen LogP contribution is -1.79. The first kappa shape index (κ1) is 11.4. The summed E-state index contributed by atoms with van der Waals surface area (Å²) in [7, 11) is 0. The number of nitrogens with zero attached hydrogens (tertiary/aromatic N) is 2. The van der Waals surface area contributed by atoms with E-state index in [4.69, 9.17) is 4.42 Å². The minimum atomic E-state index is 0.546. The first-order valence-corrected chi connectivity index (χ1v) is 6.54. The number of hydrogen-bond acceptors (Lipinski definition) is 3. The highest BCUT2D eigenvalue weighted by Crippen LogP contribution is 2.25. The van der Waals surface area contributed by atoms with Crippen molar-refractivity contribution in [3.8, 4) is 22.9 Å². The molecule has 0 atom stereocenters. The first-order chi connectivity index (χ1) is 8.83. The highest BCUT2D eigenvalue weighted by atomic mass is 127. The Morgan fingerprint density at radius 1 is 0.944 bits per heavy atom. The lowest BCUT2D eigenvalue weighted by molar-refractivity contribution is 0.586. The molecule has 0 amide bonds. The molecule has 0 bridgehead atoms. The van der Waals surface area contributed by atoms with Gasteiger partial charge in [-0.3, -0.25) is 4.98 Å². The Balaban J connectivity index is 1.97. The van der Waals surface area contributed by atoms with Crippen molar-refractivity contribution in [2.24, 2.45) is 0 Å². The molecule has 88 valence electrons. The van der Waals surface area contributed by atoms with E-state index >= 15 is 0 Å². The fourth-order valence-corrected chi connectivity index (χ4v) is 1.99. The van der Waals surface area contributed by atoms with Crippen LogP contribution in [-0.2, 0) is 0 Å². The third-order valence-electron chi connectivity index (χ3n) is 2.52. The molecule has 4 heteroatoms. The highest BCUT2D eigenvalue weighted by molar-refractivity contribution is 14.1.